The van der Waals surface area contributed by atoms with Crippen molar-refractivity contribution in [2.24, 2.45) is 0 Å². The number of amides is 1. The summed E-state index contributed by atoms with van der Waals surface area (Å²) in [6.07, 6.45) is 3.95. The molecule has 130 valence electrons. The molecule has 0 saturated carbocycles. The number of hydrogen-bond acceptors (Lipinski definition) is 4. The number of para-hydroxylation sites is 1. The Morgan fingerprint density at radius 3 is 3.04 bits per heavy atom. The van der Waals surface area contributed by atoms with E-state index in [1.807, 2.05) is 24.3 Å². The van der Waals surface area contributed by atoms with E-state index in [0.717, 1.165) is 48.3 Å². The van der Waals surface area contributed by atoms with Crippen molar-refractivity contribution in [3.8, 4) is 5.75 Å². The SMILES string of the molecule is O=C(NCCn1nc2c(cc1=O)CCC2)[C@@H]1CCc2ccccc2O1. The van der Waals surface area contributed by atoms with Crippen LogP contribution in [-0.2, 0) is 30.6 Å². The van der Waals surface area contributed by atoms with E-state index in [4.69, 9.17) is 4.74 Å². The Balaban J connectivity index is 1.33. The fourth-order valence-corrected chi connectivity index (χ4v) is 3.51. The summed E-state index contributed by atoms with van der Waals surface area (Å²) in [6.45, 7) is 0.743. The molecule has 1 aliphatic heterocycles. The topological polar surface area (TPSA) is 73.2 Å². The van der Waals surface area contributed by atoms with Gasteiger partial charge in [0.2, 0.25) is 0 Å². The Morgan fingerprint density at radius 1 is 1.24 bits per heavy atom. The van der Waals surface area contributed by atoms with Gasteiger partial charge in [0.1, 0.15) is 5.75 Å². The van der Waals surface area contributed by atoms with Crippen LogP contribution in [0.5, 0.6) is 5.75 Å². The summed E-state index contributed by atoms with van der Waals surface area (Å²) in [4.78, 5) is 24.4. The van der Waals surface area contributed by atoms with Crippen molar-refractivity contribution in [3.63, 3.8) is 0 Å². The first kappa shape index (κ1) is 15.9. The number of fused-ring (bicyclic) bond motifs is 2. The van der Waals surface area contributed by atoms with Crippen molar-refractivity contribution in [2.45, 2.75) is 44.8 Å². The minimum absolute atomic E-state index is 0.0993. The average molecular weight is 339 g/mol. The molecule has 1 aliphatic carbocycles. The third-order valence-corrected chi connectivity index (χ3v) is 4.86. The second-order valence-electron chi connectivity index (χ2n) is 6.58. The van der Waals surface area contributed by atoms with Gasteiger partial charge in [0.05, 0.1) is 12.2 Å². The van der Waals surface area contributed by atoms with Crippen LogP contribution in [0.4, 0.5) is 0 Å². The summed E-state index contributed by atoms with van der Waals surface area (Å²) in [5.41, 5.74) is 3.12. The maximum absolute atomic E-state index is 12.3. The first-order valence-electron chi connectivity index (χ1n) is 8.83. The standard InChI is InChI=1S/C19H21N3O3/c23-18-12-14-5-3-6-15(14)21-22(18)11-10-20-19(24)17-9-8-13-4-1-2-7-16(13)25-17/h1-2,4,7,12,17H,3,5-6,8-11H2,(H,20,24)/t17-/m0/s1. The highest BCUT2D eigenvalue weighted by Gasteiger charge is 2.25. The van der Waals surface area contributed by atoms with Gasteiger partial charge in [0.25, 0.3) is 11.5 Å². The molecule has 1 atom stereocenters. The number of carbonyl (C=O) groups excluding carboxylic acids is 1. The van der Waals surface area contributed by atoms with Crippen LogP contribution < -0.4 is 15.6 Å². The summed E-state index contributed by atoms with van der Waals surface area (Å²) < 4.78 is 7.23. The van der Waals surface area contributed by atoms with Crippen molar-refractivity contribution in [1.82, 2.24) is 15.1 Å². The Morgan fingerprint density at radius 2 is 2.12 bits per heavy atom. The smallest absolute Gasteiger partial charge is 0.267 e. The highest BCUT2D eigenvalue weighted by molar-refractivity contribution is 5.81. The van der Waals surface area contributed by atoms with Crippen LogP contribution in [0.1, 0.15) is 29.7 Å². The number of nitrogens with zero attached hydrogens (tertiary/aromatic N) is 2. The highest BCUT2D eigenvalue weighted by atomic mass is 16.5. The molecular weight excluding hydrogens is 318 g/mol. The molecule has 4 rings (SSSR count). The van der Waals surface area contributed by atoms with Gasteiger partial charge < -0.3 is 10.1 Å². The van der Waals surface area contributed by atoms with E-state index in [1.54, 1.807) is 6.07 Å². The quantitative estimate of drug-likeness (QED) is 0.910. The molecule has 2 aliphatic rings. The largest absolute Gasteiger partial charge is 0.480 e. The van der Waals surface area contributed by atoms with E-state index in [-0.39, 0.29) is 11.5 Å². The molecule has 6 nitrogen and oxygen atoms in total. The van der Waals surface area contributed by atoms with Gasteiger partial charge in [-0.25, -0.2) is 4.68 Å². The zero-order valence-corrected chi connectivity index (χ0v) is 14.0. The maximum atomic E-state index is 12.3. The minimum Gasteiger partial charge on any atom is -0.480 e. The number of ether oxygens (including phenoxy) is 1. The summed E-state index contributed by atoms with van der Waals surface area (Å²) in [5, 5.41) is 7.28. The summed E-state index contributed by atoms with van der Waals surface area (Å²) in [7, 11) is 0. The van der Waals surface area contributed by atoms with Gasteiger partial charge in [-0.1, -0.05) is 18.2 Å². The normalized spacial score (nSPS) is 18.2. The molecule has 0 bridgehead atoms. The fourth-order valence-electron chi connectivity index (χ4n) is 3.51. The van der Waals surface area contributed by atoms with E-state index in [0.29, 0.717) is 19.5 Å². The number of carbonyl (C=O) groups is 1. The average Bonchev–Trinajstić information content (AvgIpc) is 3.08. The van der Waals surface area contributed by atoms with Gasteiger partial charge >= 0.3 is 0 Å². The molecule has 1 N–H and O–H groups in total. The number of aromatic nitrogens is 2. The van der Waals surface area contributed by atoms with Gasteiger partial charge in [-0.15, -0.1) is 0 Å². The lowest BCUT2D eigenvalue weighted by atomic mass is 10.0. The molecule has 1 amide bonds. The number of rotatable bonds is 4. The van der Waals surface area contributed by atoms with E-state index < -0.39 is 6.10 Å². The van der Waals surface area contributed by atoms with Crippen molar-refractivity contribution in [3.05, 3.63) is 57.5 Å². The molecule has 0 unspecified atom stereocenters. The Kier molecular flexibility index (Phi) is 4.26. The minimum atomic E-state index is -0.473. The fraction of sp³-hybridized carbons (Fsp3) is 0.421. The lowest BCUT2D eigenvalue weighted by Crippen LogP contribution is -2.42. The van der Waals surface area contributed by atoms with Crippen LogP contribution in [0.2, 0.25) is 0 Å². The molecule has 0 fully saturated rings. The van der Waals surface area contributed by atoms with Crippen molar-refractivity contribution >= 4 is 5.91 Å². The zero-order valence-electron chi connectivity index (χ0n) is 14.0. The molecule has 0 radical (unpaired) electrons. The lowest BCUT2D eigenvalue weighted by molar-refractivity contribution is -0.128. The van der Waals surface area contributed by atoms with Gasteiger partial charge in [-0.3, -0.25) is 9.59 Å². The Bertz CT molecular complexity index is 859. The molecule has 1 aromatic heterocycles. The Labute approximate surface area is 145 Å². The Hall–Kier alpha value is -2.63. The molecule has 0 spiro atoms. The third-order valence-electron chi connectivity index (χ3n) is 4.86. The van der Waals surface area contributed by atoms with E-state index >= 15 is 0 Å². The van der Waals surface area contributed by atoms with E-state index in [1.165, 1.54) is 4.68 Å². The highest BCUT2D eigenvalue weighted by Crippen LogP contribution is 2.27. The number of aryl methyl sites for hydroxylation is 3. The number of hydrogen-bond donors (Lipinski definition) is 1. The second-order valence-corrected chi connectivity index (χ2v) is 6.58. The van der Waals surface area contributed by atoms with E-state index in [2.05, 4.69) is 10.4 Å². The lowest BCUT2D eigenvalue weighted by Gasteiger charge is -2.25. The van der Waals surface area contributed by atoms with Gasteiger partial charge in [-0.2, -0.15) is 5.10 Å². The van der Waals surface area contributed by atoms with Crippen LogP contribution in [0.25, 0.3) is 0 Å². The van der Waals surface area contributed by atoms with Crippen LogP contribution in [0.15, 0.2) is 35.1 Å². The summed E-state index contributed by atoms with van der Waals surface area (Å²) in [5.74, 6) is 0.647. The van der Waals surface area contributed by atoms with Crippen LogP contribution in [-0.4, -0.2) is 28.3 Å². The predicted octanol–water partition coefficient (Wildman–Crippen LogP) is 1.24. The summed E-state index contributed by atoms with van der Waals surface area (Å²) in [6, 6.07) is 9.48. The monoisotopic (exact) mass is 339 g/mol. The summed E-state index contributed by atoms with van der Waals surface area (Å²) >= 11 is 0. The van der Waals surface area contributed by atoms with Crippen LogP contribution >= 0.6 is 0 Å². The molecule has 2 heterocycles. The van der Waals surface area contributed by atoms with E-state index in [9.17, 15) is 9.59 Å². The first-order valence-corrected chi connectivity index (χ1v) is 8.83. The molecule has 2 aromatic rings. The zero-order chi connectivity index (χ0) is 17.2. The van der Waals surface area contributed by atoms with Crippen LogP contribution in [0, 0.1) is 0 Å². The van der Waals surface area contributed by atoms with Crippen molar-refractivity contribution in [1.29, 1.82) is 0 Å². The molecule has 6 heteroatoms. The second kappa shape index (κ2) is 6.70. The van der Waals surface area contributed by atoms with Gasteiger partial charge in [-0.05, 0) is 49.3 Å². The molecule has 1 aromatic carbocycles. The first-order chi connectivity index (χ1) is 12.2. The van der Waals surface area contributed by atoms with Crippen LogP contribution in [0.3, 0.4) is 0 Å². The predicted molar refractivity (Wildman–Crippen MR) is 92.7 cm³/mol. The van der Waals surface area contributed by atoms with Crippen molar-refractivity contribution in [2.75, 3.05) is 6.54 Å². The third kappa shape index (κ3) is 3.29. The maximum Gasteiger partial charge on any atom is 0.267 e. The number of benzene rings is 1. The van der Waals surface area contributed by atoms with Crippen molar-refractivity contribution < 1.29 is 9.53 Å². The number of nitrogens with one attached hydrogen (secondary N) is 1. The molecule has 0 saturated heterocycles. The molecule has 25 heavy (non-hydrogen) atoms. The molecular formula is C19H21N3O3. The van der Waals surface area contributed by atoms with Gasteiger partial charge in [0, 0.05) is 12.6 Å². The van der Waals surface area contributed by atoms with Gasteiger partial charge in [0.15, 0.2) is 6.10 Å².